The van der Waals surface area contributed by atoms with E-state index in [1.807, 2.05) is 0 Å². The fraction of sp³-hybridized carbons (Fsp3) is 0.857. The number of likely N-dealkylation sites (tertiary alicyclic amines) is 1. The van der Waals surface area contributed by atoms with E-state index in [0.29, 0.717) is 25.9 Å². The van der Waals surface area contributed by atoms with Gasteiger partial charge in [0, 0.05) is 19.5 Å². The van der Waals surface area contributed by atoms with E-state index in [2.05, 4.69) is 0 Å². The van der Waals surface area contributed by atoms with E-state index >= 15 is 0 Å². The summed E-state index contributed by atoms with van der Waals surface area (Å²) in [6, 6.07) is 0. The standard InChI is InChI=1S/C14H23NO4/c16-11-5-4-8-15(10-11)12(17)9-14(13(18)19)6-2-1-3-7-14/h11,16H,1-10H2,(H,18,19). The number of carboxylic acids is 1. The molecule has 2 aliphatic rings. The molecule has 1 saturated carbocycles. The van der Waals surface area contributed by atoms with Crippen molar-refractivity contribution in [1.82, 2.24) is 4.90 Å². The molecule has 0 radical (unpaired) electrons. The van der Waals surface area contributed by atoms with Crippen molar-refractivity contribution < 1.29 is 19.8 Å². The van der Waals surface area contributed by atoms with Crippen molar-refractivity contribution in [3.05, 3.63) is 0 Å². The van der Waals surface area contributed by atoms with Crippen molar-refractivity contribution in [1.29, 1.82) is 0 Å². The van der Waals surface area contributed by atoms with Crippen LogP contribution in [0.15, 0.2) is 0 Å². The number of piperidine rings is 1. The van der Waals surface area contributed by atoms with E-state index in [4.69, 9.17) is 0 Å². The van der Waals surface area contributed by atoms with Crippen molar-refractivity contribution in [2.75, 3.05) is 13.1 Å². The summed E-state index contributed by atoms with van der Waals surface area (Å²) in [7, 11) is 0. The van der Waals surface area contributed by atoms with Gasteiger partial charge in [-0.25, -0.2) is 0 Å². The van der Waals surface area contributed by atoms with Gasteiger partial charge in [-0.3, -0.25) is 9.59 Å². The highest BCUT2D eigenvalue weighted by molar-refractivity contribution is 5.85. The third-order valence-electron chi connectivity index (χ3n) is 4.50. The molecule has 108 valence electrons. The van der Waals surface area contributed by atoms with Gasteiger partial charge in [0.2, 0.25) is 5.91 Å². The maximum Gasteiger partial charge on any atom is 0.310 e. The van der Waals surface area contributed by atoms with Gasteiger partial charge >= 0.3 is 5.97 Å². The molecule has 19 heavy (non-hydrogen) atoms. The summed E-state index contributed by atoms with van der Waals surface area (Å²) >= 11 is 0. The van der Waals surface area contributed by atoms with Crippen molar-refractivity contribution in [3.63, 3.8) is 0 Å². The van der Waals surface area contributed by atoms with Crippen molar-refractivity contribution in [2.24, 2.45) is 5.41 Å². The zero-order chi connectivity index (χ0) is 13.9. The van der Waals surface area contributed by atoms with Crippen LogP contribution in [0, 0.1) is 5.41 Å². The summed E-state index contributed by atoms with van der Waals surface area (Å²) in [4.78, 5) is 25.4. The molecule has 0 bridgehead atoms. The number of aliphatic hydroxyl groups excluding tert-OH is 1. The SMILES string of the molecule is O=C(CC1(C(=O)O)CCCCC1)N1CCCC(O)C1. The van der Waals surface area contributed by atoms with Gasteiger partial charge < -0.3 is 15.1 Å². The predicted octanol–water partition coefficient (Wildman–Crippen LogP) is 1.39. The number of aliphatic carboxylic acids is 1. The summed E-state index contributed by atoms with van der Waals surface area (Å²) in [6.07, 6.45) is 5.21. The molecule has 1 aliphatic heterocycles. The highest BCUT2D eigenvalue weighted by Gasteiger charge is 2.42. The molecule has 0 aromatic carbocycles. The van der Waals surface area contributed by atoms with Crippen LogP contribution >= 0.6 is 0 Å². The summed E-state index contributed by atoms with van der Waals surface area (Å²) in [6.45, 7) is 1.00. The maximum absolute atomic E-state index is 12.3. The molecule has 0 aromatic rings. The number of amides is 1. The Morgan fingerprint density at radius 2 is 1.84 bits per heavy atom. The van der Waals surface area contributed by atoms with Crippen LogP contribution in [0.5, 0.6) is 0 Å². The van der Waals surface area contributed by atoms with Crippen LogP contribution in [0.3, 0.4) is 0 Å². The quantitative estimate of drug-likeness (QED) is 0.811. The van der Waals surface area contributed by atoms with Gasteiger partial charge in [-0.2, -0.15) is 0 Å². The molecule has 5 nitrogen and oxygen atoms in total. The first kappa shape index (κ1) is 14.3. The molecule has 1 atom stereocenters. The molecule has 1 heterocycles. The van der Waals surface area contributed by atoms with Crippen LogP contribution in [0.4, 0.5) is 0 Å². The van der Waals surface area contributed by atoms with Gasteiger partial charge in [0.15, 0.2) is 0 Å². The summed E-state index contributed by atoms with van der Waals surface area (Å²) in [5, 5.41) is 19.1. The van der Waals surface area contributed by atoms with Crippen LogP contribution < -0.4 is 0 Å². The van der Waals surface area contributed by atoms with Crippen LogP contribution in [0.2, 0.25) is 0 Å². The van der Waals surface area contributed by atoms with E-state index in [-0.39, 0.29) is 12.3 Å². The maximum atomic E-state index is 12.3. The summed E-state index contributed by atoms with van der Waals surface area (Å²) < 4.78 is 0. The number of carboxylic acid groups (broad SMARTS) is 1. The fourth-order valence-corrected chi connectivity index (χ4v) is 3.28. The van der Waals surface area contributed by atoms with E-state index < -0.39 is 17.5 Å². The molecule has 1 amide bonds. The zero-order valence-electron chi connectivity index (χ0n) is 11.3. The molecule has 1 saturated heterocycles. The molecule has 1 unspecified atom stereocenters. The Bertz CT molecular complexity index is 349. The average molecular weight is 269 g/mol. The van der Waals surface area contributed by atoms with Crippen molar-refractivity contribution >= 4 is 11.9 Å². The Labute approximate surface area is 113 Å². The smallest absolute Gasteiger partial charge is 0.310 e. The van der Waals surface area contributed by atoms with Gasteiger partial charge in [-0.1, -0.05) is 19.3 Å². The molecule has 1 aliphatic carbocycles. The predicted molar refractivity (Wildman–Crippen MR) is 69.6 cm³/mol. The van der Waals surface area contributed by atoms with E-state index in [1.165, 1.54) is 0 Å². The van der Waals surface area contributed by atoms with Crippen LogP contribution in [-0.2, 0) is 9.59 Å². The lowest BCUT2D eigenvalue weighted by molar-refractivity contribution is -0.156. The highest BCUT2D eigenvalue weighted by atomic mass is 16.4. The molecule has 0 spiro atoms. The van der Waals surface area contributed by atoms with Gasteiger partial charge in [-0.15, -0.1) is 0 Å². The lowest BCUT2D eigenvalue weighted by Crippen LogP contribution is -2.46. The summed E-state index contributed by atoms with van der Waals surface area (Å²) in [5.74, 6) is -0.943. The third kappa shape index (κ3) is 3.26. The monoisotopic (exact) mass is 269 g/mol. The summed E-state index contributed by atoms with van der Waals surface area (Å²) in [5.41, 5.74) is -0.863. The molecular formula is C14H23NO4. The van der Waals surface area contributed by atoms with Gasteiger partial charge in [0.05, 0.1) is 11.5 Å². The number of nitrogens with zero attached hydrogens (tertiary/aromatic N) is 1. The minimum absolute atomic E-state index is 0.0923. The fourth-order valence-electron chi connectivity index (χ4n) is 3.28. The zero-order valence-corrected chi connectivity index (χ0v) is 11.3. The van der Waals surface area contributed by atoms with Gasteiger partial charge in [0.25, 0.3) is 0 Å². The average Bonchev–Trinajstić information content (AvgIpc) is 2.39. The Kier molecular flexibility index (Phi) is 4.45. The molecular weight excluding hydrogens is 246 g/mol. The normalized spacial score (nSPS) is 27.0. The van der Waals surface area contributed by atoms with Crippen LogP contribution in [0.1, 0.15) is 51.4 Å². The van der Waals surface area contributed by atoms with E-state index in [0.717, 1.165) is 32.1 Å². The van der Waals surface area contributed by atoms with Crippen molar-refractivity contribution in [3.8, 4) is 0 Å². The second-order valence-corrected chi connectivity index (χ2v) is 5.96. The number of hydrogen-bond acceptors (Lipinski definition) is 3. The lowest BCUT2D eigenvalue weighted by Gasteiger charge is -2.36. The Morgan fingerprint density at radius 1 is 1.16 bits per heavy atom. The minimum atomic E-state index is -0.863. The highest BCUT2D eigenvalue weighted by Crippen LogP contribution is 2.40. The van der Waals surface area contributed by atoms with Crippen molar-refractivity contribution in [2.45, 2.75) is 57.5 Å². The molecule has 0 aromatic heterocycles. The van der Waals surface area contributed by atoms with Crippen LogP contribution in [0.25, 0.3) is 0 Å². The number of carbonyl (C=O) groups is 2. The second-order valence-electron chi connectivity index (χ2n) is 5.96. The molecule has 2 N–H and O–H groups in total. The topological polar surface area (TPSA) is 77.8 Å². The Hall–Kier alpha value is -1.10. The number of β-amino-alcohol motifs (C(OH)–C–C–N with tert-alkyl or cyclic N) is 1. The number of carbonyl (C=O) groups excluding carboxylic acids is 1. The van der Waals surface area contributed by atoms with E-state index in [1.54, 1.807) is 4.90 Å². The lowest BCUT2D eigenvalue weighted by atomic mass is 9.71. The van der Waals surface area contributed by atoms with Gasteiger partial charge in [0.1, 0.15) is 0 Å². The number of aliphatic hydroxyl groups is 1. The van der Waals surface area contributed by atoms with Crippen LogP contribution in [-0.4, -0.2) is 46.2 Å². The number of hydrogen-bond donors (Lipinski definition) is 2. The first-order valence-electron chi connectivity index (χ1n) is 7.23. The molecule has 2 fully saturated rings. The first-order valence-corrected chi connectivity index (χ1v) is 7.23. The number of rotatable bonds is 3. The largest absolute Gasteiger partial charge is 0.481 e. The Morgan fingerprint density at radius 3 is 2.42 bits per heavy atom. The molecule has 2 rings (SSSR count). The molecule has 5 heteroatoms. The van der Waals surface area contributed by atoms with E-state index in [9.17, 15) is 19.8 Å². The third-order valence-corrected chi connectivity index (χ3v) is 4.50. The van der Waals surface area contributed by atoms with Gasteiger partial charge in [-0.05, 0) is 25.7 Å². The first-order chi connectivity index (χ1) is 9.03. The second kappa shape index (κ2) is 5.90. The minimum Gasteiger partial charge on any atom is -0.481 e. The Balaban J connectivity index is 2.00.